The van der Waals surface area contributed by atoms with Gasteiger partial charge in [0.2, 0.25) is 0 Å². The Hall–Kier alpha value is -1.07. The van der Waals surface area contributed by atoms with Gasteiger partial charge in [0.1, 0.15) is 5.60 Å². The van der Waals surface area contributed by atoms with E-state index in [0.717, 1.165) is 6.54 Å². The number of ether oxygens (including phenoxy) is 1. The number of nitrogens with one attached hydrogen (secondary N) is 2. The van der Waals surface area contributed by atoms with E-state index in [1.165, 1.54) is 9.75 Å². The Morgan fingerprint density at radius 3 is 2.36 bits per heavy atom. The van der Waals surface area contributed by atoms with Crippen LogP contribution in [0.1, 0.15) is 58.2 Å². The van der Waals surface area contributed by atoms with Crippen LogP contribution >= 0.6 is 11.3 Å². The zero-order valence-corrected chi connectivity index (χ0v) is 15.7. The minimum Gasteiger partial charge on any atom is -0.444 e. The first-order chi connectivity index (χ1) is 9.97. The van der Waals surface area contributed by atoms with Gasteiger partial charge in [-0.25, -0.2) is 4.79 Å². The van der Waals surface area contributed by atoms with Crippen LogP contribution in [0.4, 0.5) is 4.79 Å². The van der Waals surface area contributed by atoms with E-state index >= 15 is 0 Å². The molecule has 1 atom stereocenters. The van der Waals surface area contributed by atoms with E-state index in [2.05, 4.69) is 43.5 Å². The van der Waals surface area contributed by atoms with Crippen molar-refractivity contribution >= 4 is 17.4 Å². The Morgan fingerprint density at radius 2 is 1.86 bits per heavy atom. The molecule has 0 saturated carbocycles. The lowest BCUT2D eigenvalue weighted by molar-refractivity contribution is 0.0508. The molecule has 1 aromatic heterocycles. The summed E-state index contributed by atoms with van der Waals surface area (Å²) in [7, 11) is 0. The molecule has 1 aromatic rings. The zero-order valence-electron chi connectivity index (χ0n) is 14.9. The maximum absolute atomic E-state index is 11.7. The molecular weight excluding hydrogens is 296 g/mol. The van der Waals surface area contributed by atoms with Gasteiger partial charge in [-0.05, 0) is 45.2 Å². The van der Waals surface area contributed by atoms with Crippen LogP contribution in [-0.2, 0) is 16.7 Å². The molecule has 5 heteroatoms. The second kappa shape index (κ2) is 7.47. The maximum atomic E-state index is 11.7. The van der Waals surface area contributed by atoms with Gasteiger partial charge >= 0.3 is 6.09 Å². The summed E-state index contributed by atoms with van der Waals surface area (Å²) < 4.78 is 5.24. The van der Waals surface area contributed by atoms with E-state index < -0.39 is 5.60 Å². The number of carbonyl (C=O) groups is 1. The zero-order chi connectivity index (χ0) is 17.0. The lowest BCUT2D eigenvalue weighted by atomic mass is 9.95. The molecule has 0 fully saturated rings. The Morgan fingerprint density at radius 1 is 1.23 bits per heavy atom. The molecule has 1 rings (SSSR count). The highest BCUT2D eigenvalue weighted by atomic mass is 32.1. The van der Waals surface area contributed by atoms with E-state index in [4.69, 9.17) is 4.74 Å². The van der Waals surface area contributed by atoms with Gasteiger partial charge in [-0.1, -0.05) is 20.8 Å². The van der Waals surface area contributed by atoms with Crippen LogP contribution < -0.4 is 10.6 Å². The summed E-state index contributed by atoms with van der Waals surface area (Å²) in [6, 6.07) is 4.39. The van der Waals surface area contributed by atoms with E-state index in [9.17, 15) is 4.79 Å². The molecule has 2 N–H and O–H groups in total. The quantitative estimate of drug-likeness (QED) is 0.858. The Labute approximate surface area is 138 Å². The van der Waals surface area contributed by atoms with Crippen LogP contribution in [0.3, 0.4) is 0 Å². The highest BCUT2D eigenvalue weighted by molar-refractivity contribution is 7.12. The summed E-state index contributed by atoms with van der Waals surface area (Å²) in [5, 5.41) is 6.21. The van der Waals surface area contributed by atoms with E-state index in [1.54, 1.807) is 0 Å². The number of thiophene rings is 1. The van der Waals surface area contributed by atoms with Gasteiger partial charge in [0.05, 0.1) is 0 Å². The number of hydrogen-bond acceptors (Lipinski definition) is 4. The molecule has 1 unspecified atom stereocenters. The summed E-state index contributed by atoms with van der Waals surface area (Å²) in [5.41, 5.74) is -0.258. The highest BCUT2D eigenvalue weighted by Crippen LogP contribution is 2.29. The first-order valence-electron chi connectivity index (χ1n) is 7.77. The second-order valence-corrected chi connectivity index (χ2v) is 8.86. The average molecular weight is 327 g/mol. The van der Waals surface area contributed by atoms with E-state index in [-0.39, 0.29) is 17.6 Å². The summed E-state index contributed by atoms with van der Waals surface area (Å²) in [5.74, 6) is 0. The molecule has 0 bridgehead atoms. The number of alkyl carbamates (subject to hydrolysis) is 1. The third kappa shape index (κ3) is 7.27. The Bertz CT molecular complexity index is 484. The summed E-state index contributed by atoms with van der Waals surface area (Å²) in [4.78, 5) is 14.4. The van der Waals surface area contributed by atoms with Crippen LogP contribution in [-0.4, -0.2) is 24.3 Å². The molecule has 0 radical (unpaired) electrons. The Kier molecular flexibility index (Phi) is 6.44. The molecule has 1 amide bonds. The third-order valence-corrected chi connectivity index (χ3v) is 4.42. The van der Waals surface area contributed by atoms with Gasteiger partial charge in [0.25, 0.3) is 0 Å². The SMILES string of the molecule is CC(CNCc1ccc(C(C)(C)C)s1)NC(=O)OC(C)(C)C. The largest absolute Gasteiger partial charge is 0.444 e. The van der Waals surface area contributed by atoms with Gasteiger partial charge in [-0.3, -0.25) is 0 Å². The molecule has 1 heterocycles. The summed E-state index contributed by atoms with van der Waals surface area (Å²) in [6.07, 6.45) is -0.368. The molecule has 22 heavy (non-hydrogen) atoms. The fourth-order valence-electron chi connectivity index (χ4n) is 1.85. The van der Waals surface area contributed by atoms with Crippen molar-refractivity contribution in [1.82, 2.24) is 10.6 Å². The first kappa shape index (κ1) is 19.0. The van der Waals surface area contributed by atoms with Crippen molar-refractivity contribution in [3.63, 3.8) is 0 Å². The summed E-state index contributed by atoms with van der Waals surface area (Å²) >= 11 is 1.84. The van der Waals surface area contributed by atoms with Crippen molar-refractivity contribution in [1.29, 1.82) is 0 Å². The van der Waals surface area contributed by atoms with Crippen LogP contribution in [0.2, 0.25) is 0 Å². The fourth-order valence-corrected chi connectivity index (χ4v) is 2.88. The minimum absolute atomic E-state index is 0.0249. The highest BCUT2D eigenvalue weighted by Gasteiger charge is 2.18. The van der Waals surface area contributed by atoms with Gasteiger partial charge in [-0.15, -0.1) is 11.3 Å². The topological polar surface area (TPSA) is 50.4 Å². The monoisotopic (exact) mass is 326 g/mol. The molecular formula is C17H30N2O2S. The average Bonchev–Trinajstić information content (AvgIpc) is 2.74. The number of amides is 1. The molecule has 0 aliphatic heterocycles. The van der Waals surface area contributed by atoms with Gasteiger partial charge in [0, 0.05) is 28.9 Å². The molecule has 0 aliphatic rings. The number of hydrogen-bond donors (Lipinski definition) is 2. The van der Waals surface area contributed by atoms with E-state index in [0.29, 0.717) is 6.54 Å². The molecule has 0 saturated heterocycles. The number of carbonyl (C=O) groups excluding carboxylic acids is 1. The van der Waals surface area contributed by atoms with E-state index in [1.807, 2.05) is 39.0 Å². The lowest BCUT2D eigenvalue weighted by Crippen LogP contribution is -2.42. The third-order valence-electron chi connectivity index (χ3n) is 2.91. The normalized spacial score (nSPS) is 13.8. The fraction of sp³-hybridized carbons (Fsp3) is 0.706. The van der Waals surface area contributed by atoms with Crippen molar-refractivity contribution < 1.29 is 9.53 Å². The predicted octanol–water partition coefficient (Wildman–Crippen LogP) is 4.05. The van der Waals surface area contributed by atoms with Crippen LogP contribution in [0.15, 0.2) is 12.1 Å². The number of rotatable bonds is 5. The van der Waals surface area contributed by atoms with Crippen LogP contribution in [0.25, 0.3) is 0 Å². The second-order valence-electron chi connectivity index (χ2n) is 7.69. The molecule has 0 spiro atoms. The predicted molar refractivity (Wildman–Crippen MR) is 93.6 cm³/mol. The van der Waals surface area contributed by atoms with Gasteiger partial charge in [0.15, 0.2) is 0 Å². The molecule has 0 aromatic carbocycles. The van der Waals surface area contributed by atoms with Crippen molar-refractivity contribution in [2.75, 3.05) is 6.54 Å². The minimum atomic E-state index is -0.461. The van der Waals surface area contributed by atoms with Crippen LogP contribution in [0.5, 0.6) is 0 Å². The summed E-state index contributed by atoms with van der Waals surface area (Å²) in [6.45, 7) is 15.8. The smallest absolute Gasteiger partial charge is 0.407 e. The molecule has 0 aliphatic carbocycles. The standard InChI is InChI=1S/C17H30N2O2S/c1-12(19-15(20)21-17(5,6)7)10-18-11-13-8-9-14(22-13)16(2,3)4/h8-9,12,18H,10-11H2,1-7H3,(H,19,20). The van der Waals surface area contributed by atoms with Crippen molar-refractivity contribution in [2.24, 2.45) is 0 Å². The van der Waals surface area contributed by atoms with Crippen LogP contribution in [0, 0.1) is 0 Å². The Balaban J connectivity index is 2.32. The van der Waals surface area contributed by atoms with Crippen molar-refractivity contribution in [2.45, 2.75) is 72.1 Å². The first-order valence-corrected chi connectivity index (χ1v) is 8.58. The maximum Gasteiger partial charge on any atom is 0.407 e. The van der Waals surface area contributed by atoms with Crippen molar-refractivity contribution in [3.8, 4) is 0 Å². The lowest BCUT2D eigenvalue weighted by Gasteiger charge is -2.22. The molecule has 126 valence electrons. The van der Waals surface area contributed by atoms with Gasteiger partial charge < -0.3 is 15.4 Å². The van der Waals surface area contributed by atoms with Crippen molar-refractivity contribution in [3.05, 3.63) is 21.9 Å². The van der Waals surface area contributed by atoms with Gasteiger partial charge in [-0.2, -0.15) is 0 Å². The molecule has 4 nitrogen and oxygen atoms in total.